The van der Waals surface area contributed by atoms with Crippen molar-refractivity contribution in [2.75, 3.05) is 37.3 Å². The highest BCUT2D eigenvalue weighted by atomic mass is 32.2. The molecule has 0 spiro atoms. The third-order valence-electron chi connectivity index (χ3n) is 5.97. The molecule has 1 aliphatic heterocycles. The molecule has 0 radical (unpaired) electrons. The van der Waals surface area contributed by atoms with Gasteiger partial charge in [-0.1, -0.05) is 11.8 Å². The second kappa shape index (κ2) is 8.21. The van der Waals surface area contributed by atoms with E-state index in [1.54, 1.807) is 6.07 Å². The van der Waals surface area contributed by atoms with Crippen molar-refractivity contribution in [2.24, 2.45) is 0 Å². The van der Waals surface area contributed by atoms with Crippen LogP contribution >= 0.6 is 11.8 Å². The van der Waals surface area contributed by atoms with Gasteiger partial charge in [-0.2, -0.15) is 0 Å². The summed E-state index contributed by atoms with van der Waals surface area (Å²) in [7, 11) is 0. The summed E-state index contributed by atoms with van der Waals surface area (Å²) in [5.41, 5.74) is 0.0351. The van der Waals surface area contributed by atoms with Gasteiger partial charge in [0.1, 0.15) is 11.4 Å². The number of fused-ring (bicyclic) bond motifs is 1. The quantitative estimate of drug-likeness (QED) is 0.557. The van der Waals surface area contributed by atoms with E-state index >= 15 is 4.39 Å². The molecule has 1 aromatic carbocycles. The van der Waals surface area contributed by atoms with Gasteiger partial charge in [0, 0.05) is 43.8 Å². The molecule has 32 heavy (non-hydrogen) atoms. The van der Waals surface area contributed by atoms with Crippen LogP contribution in [-0.2, 0) is 6.54 Å². The second-order valence-corrected chi connectivity index (χ2v) is 8.82. The number of halogens is 1. The maximum Gasteiger partial charge on any atom is 0.341 e. The fourth-order valence-corrected chi connectivity index (χ4v) is 4.43. The highest BCUT2D eigenvalue weighted by Crippen LogP contribution is 2.38. The third-order valence-corrected chi connectivity index (χ3v) is 6.48. The lowest BCUT2D eigenvalue weighted by atomic mass is 10.1. The molecule has 3 heterocycles. The molecular formula is C21H22FN5O4S. The molecule has 1 saturated carbocycles. The molecule has 0 bridgehead atoms. The zero-order valence-electron chi connectivity index (χ0n) is 17.5. The maximum atomic E-state index is 15.1. The number of rotatable bonds is 6. The monoisotopic (exact) mass is 459 g/mol. The summed E-state index contributed by atoms with van der Waals surface area (Å²) in [6.07, 6.45) is 5.10. The molecule has 1 N–H and O–H groups in total. The topological polar surface area (TPSA) is 105 Å². The van der Waals surface area contributed by atoms with E-state index in [0.29, 0.717) is 55.0 Å². The minimum atomic E-state index is -1.29. The zero-order valence-corrected chi connectivity index (χ0v) is 18.3. The van der Waals surface area contributed by atoms with E-state index in [1.807, 2.05) is 15.7 Å². The number of aromatic carboxylic acids is 1. The average molecular weight is 460 g/mol. The van der Waals surface area contributed by atoms with Gasteiger partial charge >= 0.3 is 5.97 Å². The van der Waals surface area contributed by atoms with Gasteiger partial charge in [-0.15, -0.1) is 10.2 Å². The second-order valence-electron chi connectivity index (χ2n) is 8.07. The molecule has 2 fully saturated rings. The molecule has 11 heteroatoms. The van der Waals surface area contributed by atoms with Crippen LogP contribution in [0.15, 0.2) is 32.8 Å². The number of hydrogen-bond donors (Lipinski definition) is 1. The fraction of sp³-hybridized carbons (Fsp3) is 0.429. The predicted molar refractivity (Wildman–Crippen MR) is 117 cm³/mol. The van der Waals surface area contributed by atoms with Crippen LogP contribution in [0.2, 0.25) is 0 Å². The first kappa shape index (κ1) is 21.0. The van der Waals surface area contributed by atoms with Crippen LogP contribution < -0.4 is 10.3 Å². The van der Waals surface area contributed by atoms with Crippen molar-refractivity contribution in [3.05, 3.63) is 45.8 Å². The van der Waals surface area contributed by atoms with Crippen LogP contribution in [0.5, 0.6) is 0 Å². The van der Waals surface area contributed by atoms with E-state index in [1.165, 1.54) is 24.0 Å². The van der Waals surface area contributed by atoms with Crippen LogP contribution in [0.1, 0.15) is 35.1 Å². The van der Waals surface area contributed by atoms with E-state index in [0.717, 1.165) is 12.8 Å². The number of carboxylic acids is 1. The largest absolute Gasteiger partial charge is 0.477 e. The van der Waals surface area contributed by atoms with Crippen molar-refractivity contribution in [2.45, 2.75) is 30.7 Å². The van der Waals surface area contributed by atoms with Crippen LogP contribution in [0.3, 0.4) is 0 Å². The van der Waals surface area contributed by atoms with Gasteiger partial charge in [-0.05, 0) is 31.2 Å². The molecule has 2 aromatic heterocycles. The summed E-state index contributed by atoms with van der Waals surface area (Å²) in [6, 6.07) is 3.02. The Morgan fingerprint density at radius 3 is 2.62 bits per heavy atom. The fourth-order valence-electron chi connectivity index (χ4n) is 4.13. The Hall–Kier alpha value is -2.92. The minimum absolute atomic E-state index is 0.109. The lowest BCUT2D eigenvalue weighted by Gasteiger charge is -2.35. The summed E-state index contributed by atoms with van der Waals surface area (Å²) in [6.45, 7) is 3.14. The molecule has 5 rings (SSSR count). The molecule has 1 aliphatic carbocycles. The summed E-state index contributed by atoms with van der Waals surface area (Å²) >= 11 is 1.40. The third kappa shape index (κ3) is 3.86. The number of carboxylic acid groups (broad SMARTS) is 1. The number of benzene rings is 1. The van der Waals surface area contributed by atoms with Crippen molar-refractivity contribution in [3.63, 3.8) is 0 Å². The lowest BCUT2D eigenvalue weighted by molar-refractivity contribution is 0.0695. The Labute approximate surface area is 186 Å². The molecular weight excluding hydrogens is 437 g/mol. The number of hydrogen-bond acceptors (Lipinski definition) is 8. The number of pyridine rings is 1. The maximum absolute atomic E-state index is 15.1. The summed E-state index contributed by atoms with van der Waals surface area (Å²) < 4.78 is 22.4. The van der Waals surface area contributed by atoms with E-state index in [4.69, 9.17) is 4.42 Å². The average Bonchev–Trinajstić information content (AvgIpc) is 3.53. The van der Waals surface area contributed by atoms with Crippen molar-refractivity contribution in [1.29, 1.82) is 0 Å². The summed E-state index contributed by atoms with van der Waals surface area (Å²) in [5, 5.41) is 18.0. The van der Waals surface area contributed by atoms with E-state index in [2.05, 4.69) is 15.1 Å². The molecule has 0 atom stereocenters. The highest BCUT2D eigenvalue weighted by molar-refractivity contribution is 7.98. The Bertz CT molecular complexity index is 1250. The zero-order chi connectivity index (χ0) is 22.4. The first-order valence-corrected chi connectivity index (χ1v) is 11.6. The molecule has 1 saturated heterocycles. The molecule has 0 unspecified atom stereocenters. The Balaban J connectivity index is 1.40. The van der Waals surface area contributed by atoms with Crippen molar-refractivity contribution in [3.8, 4) is 0 Å². The first-order chi connectivity index (χ1) is 15.4. The van der Waals surface area contributed by atoms with Gasteiger partial charge in [0.25, 0.3) is 5.22 Å². The SMILES string of the molecule is CSc1nnc(CN2CCN(c3cc4c(cc3F)c(=O)c(C(=O)O)cn4C3CC3)CC2)o1. The van der Waals surface area contributed by atoms with Crippen molar-refractivity contribution >= 4 is 34.3 Å². The van der Waals surface area contributed by atoms with Crippen LogP contribution in [-0.4, -0.2) is 63.2 Å². The van der Waals surface area contributed by atoms with E-state index < -0.39 is 17.2 Å². The number of anilines is 1. The minimum Gasteiger partial charge on any atom is -0.477 e. The van der Waals surface area contributed by atoms with Crippen LogP contribution in [0.4, 0.5) is 10.1 Å². The van der Waals surface area contributed by atoms with Gasteiger partial charge in [-0.25, -0.2) is 9.18 Å². The molecule has 2 aliphatic rings. The Morgan fingerprint density at radius 2 is 2.00 bits per heavy atom. The summed E-state index contributed by atoms with van der Waals surface area (Å²) in [5.74, 6) is -1.25. The van der Waals surface area contributed by atoms with E-state index in [-0.39, 0.29) is 17.0 Å². The Kier molecular flexibility index (Phi) is 5.38. The lowest BCUT2D eigenvalue weighted by Crippen LogP contribution is -2.46. The normalized spacial score (nSPS) is 17.2. The first-order valence-electron chi connectivity index (χ1n) is 10.4. The van der Waals surface area contributed by atoms with Gasteiger partial charge < -0.3 is 19.0 Å². The van der Waals surface area contributed by atoms with Gasteiger partial charge in [0.05, 0.1) is 17.7 Å². The number of nitrogens with zero attached hydrogens (tertiary/aromatic N) is 5. The number of thioether (sulfide) groups is 1. The standard InChI is InChI=1S/C21H22FN5O4S/c1-32-21-24-23-18(31-21)11-25-4-6-26(7-5-25)17-9-16-13(8-15(17)22)19(28)14(20(29)30)10-27(16)12-2-3-12/h8-10,12H,2-7,11H2,1H3,(H,29,30). The van der Waals surface area contributed by atoms with Gasteiger partial charge in [0.2, 0.25) is 11.3 Å². The molecule has 9 nitrogen and oxygen atoms in total. The van der Waals surface area contributed by atoms with Crippen LogP contribution in [0, 0.1) is 5.82 Å². The Morgan fingerprint density at radius 1 is 1.25 bits per heavy atom. The summed E-state index contributed by atoms with van der Waals surface area (Å²) in [4.78, 5) is 28.3. The van der Waals surface area contributed by atoms with Crippen LogP contribution in [0.25, 0.3) is 10.9 Å². The number of piperazine rings is 1. The number of aromatic nitrogens is 3. The van der Waals surface area contributed by atoms with Gasteiger partial charge in [0.15, 0.2) is 0 Å². The van der Waals surface area contributed by atoms with Crippen molar-refractivity contribution in [1.82, 2.24) is 19.7 Å². The van der Waals surface area contributed by atoms with Gasteiger partial charge in [-0.3, -0.25) is 9.69 Å². The molecule has 168 valence electrons. The molecule has 3 aromatic rings. The molecule has 0 amide bonds. The van der Waals surface area contributed by atoms with E-state index in [9.17, 15) is 14.7 Å². The smallest absolute Gasteiger partial charge is 0.341 e. The highest BCUT2D eigenvalue weighted by Gasteiger charge is 2.28. The predicted octanol–water partition coefficient (Wildman–Crippen LogP) is 2.60. The van der Waals surface area contributed by atoms with Crippen molar-refractivity contribution < 1.29 is 18.7 Å². The number of carbonyl (C=O) groups is 1.